The fourth-order valence-electron chi connectivity index (χ4n) is 2.48. The molecule has 6 heteroatoms. The molecular formula is C18H19ClN4O. The zero-order chi connectivity index (χ0) is 17.7. The van der Waals surface area contributed by atoms with Crippen molar-refractivity contribution in [2.24, 2.45) is 9.98 Å². The van der Waals surface area contributed by atoms with Gasteiger partial charge in [-0.15, -0.1) is 11.6 Å². The Bertz CT molecular complexity index is 754. The van der Waals surface area contributed by atoms with Crippen molar-refractivity contribution in [3.63, 3.8) is 0 Å². The molecule has 1 aromatic rings. The zero-order valence-corrected chi connectivity index (χ0v) is 14.5. The minimum atomic E-state index is -0.565. The van der Waals surface area contributed by atoms with E-state index in [1.165, 1.54) is 0 Å². The minimum absolute atomic E-state index is 0.0897. The molecule has 0 unspecified atom stereocenters. The topological polar surface area (TPSA) is 72.0 Å². The van der Waals surface area contributed by atoms with E-state index in [1.807, 2.05) is 43.0 Å². The van der Waals surface area contributed by atoms with Crippen molar-refractivity contribution in [1.29, 1.82) is 5.26 Å². The van der Waals surface area contributed by atoms with E-state index in [9.17, 15) is 10.4 Å². The van der Waals surface area contributed by atoms with Crippen LogP contribution >= 0.6 is 11.6 Å². The van der Waals surface area contributed by atoms with Gasteiger partial charge < -0.3 is 5.11 Å². The number of aliphatic hydroxyl groups is 1. The lowest BCUT2D eigenvalue weighted by Crippen LogP contribution is -2.27. The Morgan fingerprint density at radius 3 is 2.54 bits per heavy atom. The van der Waals surface area contributed by atoms with Crippen molar-refractivity contribution in [3.05, 3.63) is 53.4 Å². The van der Waals surface area contributed by atoms with Crippen LogP contribution in [0.2, 0.25) is 0 Å². The average molecular weight is 343 g/mol. The van der Waals surface area contributed by atoms with Crippen LogP contribution in [-0.4, -0.2) is 30.3 Å². The van der Waals surface area contributed by atoms with Crippen LogP contribution in [0.5, 0.6) is 0 Å². The molecule has 0 aliphatic carbocycles. The van der Waals surface area contributed by atoms with Gasteiger partial charge in [-0.25, -0.2) is 0 Å². The summed E-state index contributed by atoms with van der Waals surface area (Å²) in [4.78, 5) is 9.91. The Labute approximate surface area is 146 Å². The summed E-state index contributed by atoms with van der Waals surface area (Å²) in [5.41, 5.74) is 2.58. The van der Waals surface area contributed by atoms with E-state index in [4.69, 9.17) is 11.6 Å². The molecule has 0 aromatic heterocycles. The zero-order valence-electron chi connectivity index (χ0n) is 13.7. The first-order chi connectivity index (χ1) is 11.5. The van der Waals surface area contributed by atoms with E-state index in [2.05, 4.69) is 22.8 Å². The van der Waals surface area contributed by atoms with Gasteiger partial charge in [-0.05, 0) is 44.3 Å². The molecule has 0 amide bonds. The van der Waals surface area contributed by atoms with Gasteiger partial charge in [0, 0.05) is 17.5 Å². The third-order valence-corrected chi connectivity index (χ3v) is 3.93. The summed E-state index contributed by atoms with van der Waals surface area (Å²) in [6, 6.07) is 9.97. The van der Waals surface area contributed by atoms with Gasteiger partial charge in [0.25, 0.3) is 0 Å². The fraction of sp³-hybridized carbons (Fsp3) is 0.278. The van der Waals surface area contributed by atoms with Gasteiger partial charge in [-0.2, -0.15) is 5.26 Å². The molecule has 24 heavy (non-hydrogen) atoms. The molecule has 0 bridgehead atoms. The molecular weight excluding hydrogens is 324 g/mol. The molecule has 0 atom stereocenters. The number of amidine groups is 1. The largest absolute Gasteiger partial charge is 0.390 e. The van der Waals surface area contributed by atoms with Crippen LogP contribution in [0, 0.1) is 11.3 Å². The number of halogens is 1. The summed E-state index contributed by atoms with van der Waals surface area (Å²) in [5.74, 6) is 0.605. The van der Waals surface area contributed by atoms with E-state index < -0.39 is 5.41 Å². The lowest BCUT2D eigenvalue weighted by molar-refractivity contribution is 0.330. The van der Waals surface area contributed by atoms with Crippen molar-refractivity contribution in [1.82, 2.24) is 0 Å². The van der Waals surface area contributed by atoms with Crippen LogP contribution in [-0.2, 0) is 5.41 Å². The van der Waals surface area contributed by atoms with Gasteiger partial charge in [0.15, 0.2) is 0 Å². The highest BCUT2D eigenvalue weighted by molar-refractivity contribution is 6.21. The van der Waals surface area contributed by atoms with Crippen LogP contribution in [0.25, 0.3) is 0 Å². The second-order valence-electron chi connectivity index (χ2n) is 5.78. The number of benzene rings is 1. The number of nitrogens with zero attached hydrogens (tertiary/aromatic N) is 4. The third kappa shape index (κ3) is 3.40. The molecule has 5 nitrogen and oxygen atoms in total. The van der Waals surface area contributed by atoms with Crippen LogP contribution in [0.15, 0.2) is 57.8 Å². The average Bonchev–Trinajstić information content (AvgIpc) is 2.93. The minimum Gasteiger partial charge on any atom is -0.390 e. The standard InChI is InChI=1S/C18H19ClN4O/c1-18(2,11-20)14-4-6-15(7-5-14)23-16(10-24)8-13(9-21-3)17(23)22-12-19/h4-9,24H,3,10,12H2,1-2H3/b13-9-,22-17+. The van der Waals surface area contributed by atoms with Crippen molar-refractivity contribution in [2.45, 2.75) is 19.3 Å². The number of alkyl halides is 1. The monoisotopic (exact) mass is 342 g/mol. The number of rotatable bonds is 5. The summed E-state index contributed by atoms with van der Waals surface area (Å²) in [6.45, 7) is 7.05. The van der Waals surface area contributed by atoms with E-state index in [0.717, 1.165) is 16.8 Å². The molecule has 0 radical (unpaired) electrons. The Morgan fingerprint density at radius 1 is 1.38 bits per heavy atom. The molecule has 2 rings (SSSR count). The quantitative estimate of drug-likeness (QED) is 0.506. The molecule has 0 spiro atoms. The van der Waals surface area contributed by atoms with Crippen molar-refractivity contribution in [3.8, 4) is 6.07 Å². The van der Waals surface area contributed by atoms with Gasteiger partial charge in [0.05, 0.1) is 23.8 Å². The first-order valence-corrected chi connectivity index (χ1v) is 7.92. The number of anilines is 1. The van der Waals surface area contributed by atoms with Gasteiger partial charge in [-0.3, -0.25) is 14.9 Å². The second-order valence-corrected chi connectivity index (χ2v) is 6.02. The van der Waals surface area contributed by atoms with Gasteiger partial charge in [0.2, 0.25) is 0 Å². The molecule has 0 fully saturated rings. The Balaban J connectivity index is 2.47. The molecule has 124 valence electrons. The summed E-state index contributed by atoms with van der Waals surface area (Å²) >= 11 is 5.79. The fourth-order valence-corrected chi connectivity index (χ4v) is 2.60. The normalized spacial score (nSPS) is 18.0. The van der Waals surface area contributed by atoms with Crippen molar-refractivity contribution < 1.29 is 5.11 Å². The van der Waals surface area contributed by atoms with Crippen molar-refractivity contribution >= 4 is 29.8 Å². The highest BCUT2D eigenvalue weighted by Gasteiger charge is 2.28. The highest BCUT2D eigenvalue weighted by atomic mass is 35.5. The first kappa shape index (κ1) is 17.9. The highest BCUT2D eigenvalue weighted by Crippen LogP contribution is 2.31. The molecule has 1 N–H and O–H groups in total. The Morgan fingerprint density at radius 2 is 2.04 bits per heavy atom. The number of hydrogen-bond acceptors (Lipinski definition) is 4. The van der Waals surface area contributed by atoms with Crippen LogP contribution in [0.3, 0.4) is 0 Å². The number of aliphatic hydroxyl groups excluding tert-OH is 1. The van der Waals surface area contributed by atoms with E-state index in [-0.39, 0.29) is 12.6 Å². The molecule has 1 aliphatic rings. The number of aliphatic imine (C=N–C) groups is 2. The van der Waals surface area contributed by atoms with Gasteiger partial charge in [0.1, 0.15) is 11.8 Å². The van der Waals surface area contributed by atoms with Crippen molar-refractivity contribution in [2.75, 3.05) is 17.5 Å². The molecule has 1 aliphatic heterocycles. The molecule has 1 aromatic carbocycles. The maximum absolute atomic E-state index is 9.68. The SMILES string of the molecule is C=N/C=C1/C=C(CO)N(c2ccc(C(C)(C)C#N)cc2)/C1=N/CCl. The lowest BCUT2D eigenvalue weighted by Gasteiger charge is -2.24. The number of nitriles is 1. The predicted octanol–water partition coefficient (Wildman–Crippen LogP) is 3.36. The van der Waals surface area contributed by atoms with Crippen LogP contribution < -0.4 is 4.90 Å². The van der Waals surface area contributed by atoms with Crippen LogP contribution in [0.4, 0.5) is 5.69 Å². The summed E-state index contributed by atoms with van der Waals surface area (Å²) in [5, 5.41) is 18.9. The first-order valence-electron chi connectivity index (χ1n) is 7.38. The third-order valence-electron chi connectivity index (χ3n) is 3.81. The Kier molecular flexibility index (Phi) is 5.55. The molecule has 1 heterocycles. The molecule has 0 saturated carbocycles. The maximum Gasteiger partial charge on any atom is 0.142 e. The van der Waals surface area contributed by atoms with E-state index >= 15 is 0 Å². The van der Waals surface area contributed by atoms with E-state index in [1.54, 1.807) is 12.3 Å². The summed E-state index contributed by atoms with van der Waals surface area (Å²) < 4.78 is 0. The lowest BCUT2D eigenvalue weighted by atomic mass is 9.86. The van der Waals surface area contributed by atoms with Crippen LogP contribution in [0.1, 0.15) is 19.4 Å². The number of hydrogen-bond donors (Lipinski definition) is 1. The van der Waals surface area contributed by atoms with E-state index in [0.29, 0.717) is 11.5 Å². The van der Waals surface area contributed by atoms with Gasteiger partial charge >= 0.3 is 0 Å². The van der Waals surface area contributed by atoms with Gasteiger partial charge in [-0.1, -0.05) is 12.1 Å². The maximum atomic E-state index is 9.68. The predicted molar refractivity (Wildman–Crippen MR) is 98.5 cm³/mol. The molecule has 0 saturated heterocycles. The summed E-state index contributed by atoms with van der Waals surface area (Å²) in [6.07, 6.45) is 3.38. The Hall–Kier alpha value is -2.42. The summed E-state index contributed by atoms with van der Waals surface area (Å²) in [7, 11) is 0. The second kappa shape index (κ2) is 7.43. The smallest absolute Gasteiger partial charge is 0.142 e.